The third kappa shape index (κ3) is 3.23. The number of nitrogens with one attached hydrogen (secondary N) is 1. The van der Waals surface area contributed by atoms with Crippen LogP contribution in [0.15, 0.2) is 30.8 Å². The van der Waals surface area contributed by atoms with E-state index in [-0.39, 0.29) is 11.3 Å². The van der Waals surface area contributed by atoms with Gasteiger partial charge in [0.15, 0.2) is 0 Å². The molecule has 1 amide bonds. The summed E-state index contributed by atoms with van der Waals surface area (Å²) in [5, 5.41) is 12.1. The zero-order valence-electron chi connectivity index (χ0n) is 11.9. The average Bonchev–Trinajstić information content (AvgIpc) is 2.37. The first-order chi connectivity index (χ1) is 8.73. The van der Waals surface area contributed by atoms with E-state index in [9.17, 15) is 10.1 Å². The molecular weight excluding hydrogens is 236 g/mol. The van der Waals surface area contributed by atoms with Crippen molar-refractivity contribution >= 4 is 12.0 Å². The van der Waals surface area contributed by atoms with Crippen LogP contribution in [0.3, 0.4) is 0 Å². The normalized spacial score (nSPS) is 14.1. The summed E-state index contributed by atoms with van der Waals surface area (Å²) in [5.41, 5.74) is 0.228. The molecule has 0 saturated carbocycles. The predicted octanol–water partition coefficient (Wildman–Crippen LogP) is 3.39. The Labute approximate surface area is 114 Å². The minimum atomic E-state index is -0.915. The van der Waals surface area contributed by atoms with E-state index < -0.39 is 5.54 Å². The molecule has 0 aliphatic rings. The number of hydrogen-bond donors (Lipinski definition) is 1. The van der Waals surface area contributed by atoms with E-state index in [0.717, 1.165) is 5.56 Å². The zero-order valence-corrected chi connectivity index (χ0v) is 11.9. The minimum absolute atomic E-state index is 0.241. The fraction of sp³-hybridized carbons (Fsp3) is 0.375. The maximum Gasteiger partial charge on any atom is 0.252 e. The number of rotatable bonds is 3. The minimum Gasteiger partial charge on any atom is -0.333 e. The van der Waals surface area contributed by atoms with E-state index in [1.54, 1.807) is 25.1 Å². The zero-order chi connectivity index (χ0) is 14.7. The Bertz CT molecular complexity index is 517. The van der Waals surface area contributed by atoms with Crippen LogP contribution in [0.25, 0.3) is 6.08 Å². The van der Waals surface area contributed by atoms with Crippen molar-refractivity contribution in [3.05, 3.63) is 42.0 Å². The van der Waals surface area contributed by atoms with Gasteiger partial charge in [-0.1, -0.05) is 45.6 Å². The molecule has 0 aromatic heterocycles. The number of carbonyl (C=O) groups is 1. The molecule has 3 nitrogen and oxygen atoms in total. The van der Waals surface area contributed by atoms with Crippen LogP contribution in [0.4, 0.5) is 0 Å². The summed E-state index contributed by atoms with van der Waals surface area (Å²) in [6.07, 6.45) is 1.72. The molecule has 0 saturated heterocycles. The Morgan fingerprint density at radius 3 is 2.16 bits per heavy atom. The largest absolute Gasteiger partial charge is 0.333 e. The molecule has 0 bridgehead atoms. The highest BCUT2D eigenvalue weighted by atomic mass is 16.1. The molecule has 0 aliphatic carbocycles. The Morgan fingerprint density at radius 2 is 1.79 bits per heavy atom. The lowest BCUT2D eigenvalue weighted by molar-refractivity contribution is 0.0868. The van der Waals surface area contributed by atoms with Gasteiger partial charge in [-0.2, -0.15) is 5.26 Å². The summed E-state index contributed by atoms with van der Waals surface area (Å²) >= 11 is 0. The van der Waals surface area contributed by atoms with Crippen LogP contribution in [-0.2, 0) is 0 Å². The van der Waals surface area contributed by atoms with Gasteiger partial charge in [-0.15, -0.1) is 0 Å². The summed E-state index contributed by atoms with van der Waals surface area (Å²) in [6, 6.07) is 9.30. The van der Waals surface area contributed by atoms with Crippen molar-refractivity contribution in [3.63, 3.8) is 0 Å². The first kappa shape index (κ1) is 15.0. The van der Waals surface area contributed by atoms with Crippen LogP contribution in [0.2, 0.25) is 0 Å². The van der Waals surface area contributed by atoms with Crippen molar-refractivity contribution in [2.45, 2.75) is 33.2 Å². The molecule has 0 spiro atoms. The smallest absolute Gasteiger partial charge is 0.252 e. The summed E-state index contributed by atoms with van der Waals surface area (Å²) in [4.78, 5) is 12.2. The molecule has 3 heteroatoms. The Morgan fingerprint density at radius 1 is 1.26 bits per heavy atom. The summed E-state index contributed by atoms with van der Waals surface area (Å²) in [5.74, 6) is -0.241. The van der Waals surface area contributed by atoms with Gasteiger partial charge in [0.25, 0.3) is 5.91 Å². The van der Waals surface area contributed by atoms with Crippen molar-refractivity contribution in [1.29, 1.82) is 5.26 Å². The topological polar surface area (TPSA) is 52.9 Å². The second-order valence-corrected chi connectivity index (χ2v) is 5.77. The van der Waals surface area contributed by atoms with Gasteiger partial charge in [0.05, 0.1) is 6.07 Å². The predicted molar refractivity (Wildman–Crippen MR) is 77.5 cm³/mol. The quantitative estimate of drug-likeness (QED) is 0.901. The Hall–Kier alpha value is -2.08. The van der Waals surface area contributed by atoms with Crippen LogP contribution in [0, 0.1) is 16.7 Å². The summed E-state index contributed by atoms with van der Waals surface area (Å²) in [6.45, 7) is 11.2. The van der Waals surface area contributed by atoms with Crippen LogP contribution >= 0.6 is 0 Å². The molecular formula is C16H20N2O. The van der Waals surface area contributed by atoms with Gasteiger partial charge in [0.2, 0.25) is 0 Å². The third-order valence-electron chi connectivity index (χ3n) is 3.50. The number of benzene rings is 1. The van der Waals surface area contributed by atoms with Gasteiger partial charge in [-0.3, -0.25) is 4.79 Å². The van der Waals surface area contributed by atoms with E-state index >= 15 is 0 Å². The molecule has 0 heterocycles. The van der Waals surface area contributed by atoms with E-state index in [4.69, 9.17) is 0 Å². The van der Waals surface area contributed by atoms with Gasteiger partial charge in [-0.05, 0) is 30.0 Å². The first-order valence-electron chi connectivity index (χ1n) is 6.20. The van der Waals surface area contributed by atoms with Crippen LogP contribution in [0.5, 0.6) is 0 Å². The Kier molecular flexibility index (Phi) is 4.16. The van der Waals surface area contributed by atoms with Crippen LogP contribution < -0.4 is 5.32 Å². The SMILES string of the molecule is C=Cc1ccc(C(=O)N[C@](C)(C#N)C(C)(C)C)cc1. The monoisotopic (exact) mass is 256 g/mol. The number of hydrogen-bond acceptors (Lipinski definition) is 2. The van der Waals surface area contributed by atoms with Gasteiger partial charge in [-0.25, -0.2) is 0 Å². The lowest BCUT2D eigenvalue weighted by Gasteiger charge is -2.36. The fourth-order valence-corrected chi connectivity index (χ4v) is 1.45. The lowest BCUT2D eigenvalue weighted by Crippen LogP contribution is -2.53. The molecule has 1 aromatic carbocycles. The standard InChI is InChI=1S/C16H20N2O/c1-6-12-7-9-13(10-8-12)14(19)18-16(5,11-17)15(2,3)4/h6-10H,1H2,2-5H3,(H,18,19)/t16-/m1/s1. The van der Waals surface area contributed by atoms with Gasteiger partial charge < -0.3 is 5.32 Å². The molecule has 100 valence electrons. The molecule has 0 fully saturated rings. The summed E-state index contributed by atoms with van der Waals surface area (Å²) in [7, 11) is 0. The maximum absolute atomic E-state index is 12.2. The molecule has 1 atom stereocenters. The molecule has 19 heavy (non-hydrogen) atoms. The second kappa shape index (κ2) is 5.27. The number of nitrogens with zero attached hydrogens (tertiary/aromatic N) is 1. The van der Waals surface area contributed by atoms with Gasteiger partial charge >= 0.3 is 0 Å². The van der Waals surface area contributed by atoms with E-state index in [1.807, 2.05) is 32.9 Å². The van der Waals surface area contributed by atoms with Crippen molar-refractivity contribution in [2.75, 3.05) is 0 Å². The fourth-order valence-electron chi connectivity index (χ4n) is 1.45. The van der Waals surface area contributed by atoms with Crippen molar-refractivity contribution in [1.82, 2.24) is 5.32 Å². The first-order valence-corrected chi connectivity index (χ1v) is 6.20. The maximum atomic E-state index is 12.2. The lowest BCUT2D eigenvalue weighted by atomic mass is 9.76. The average molecular weight is 256 g/mol. The highest BCUT2D eigenvalue weighted by molar-refractivity contribution is 5.95. The van der Waals surface area contributed by atoms with Gasteiger partial charge in [0.1, 0.15) is 5.54 Å². The van der Waals surface area contributed by atoms with Gasteiger partial charge in [0, 0.05) is 5.56 Å². The number of carbonyl (C=O) groups excluding carboxylic acids is 1. The highest BCUT2D eigenvalue weighted by Crippen LogP contribution is 2.29. The Balaban J connectivity index is 2.96. The molecule has 1 rings (SSSR count). The molecule has 1 aromatic rings. The van der Waals surface area contributed by atoms with E-state index in [1.165, 1.54) is 0 Å². The number of amides is 1. The summed E-state index contributed by atoms with van der Waals surface area (Å²) < 4.78 is 0. The van der Waals surface area contributed by atoms with Crippen molar-refractivity contribution in [2.24, 2.45) is 5.41 Å². The van der Waals surface area contributed by atoms with Crippen molar-refractivity contribution < 1.29 is 4.79 Å². The van der Waals surface area contributed by atoms with Crippen LogP contribution in [-0.4, -0.2) is 11.4 Å². The van der Waals surface area contributed by atoms with Crippen LogP contribution in [0.1, 0.15) is 43.6 Å². The van der Waals surface area contributed by atoms with E-state index in [0.29, 0.717) is 5.56 Å². The molecule has 0 aliphatic heterocycles. The third-order valence-corrected chi connectivity index (χ3v) is 3.50. The molecule has 1 N–H and O–H groups in total. The van der Waals surface area contributed by atoms with Crippen molar-refractivity contribution in [3.8, 4) is 6.07 Å². The molecule has 0 unspecified atom stereocenters. The molecule has 0 radical (unpaired) electrons. The number of nitriles is 1. The highest BCUT2D eigenvalue weighted by Gasteiger charge is 2.39. The second-order valence-electron chi connectivity index (χ2n) is 5.77. The van der Waals surface area contributed by atoms with E-state index in [2.05, 4.69) is 18.0 Å².